The minimum Gasteiger partial charge on any atom is -1.00 e. The van der Waals surface area contributed by atoms with Crippen molar-refractivity contribution in [3.05, 3.63) is 103 Å². The molecule has 0 saturated heterocycles. The first-order valence-electron chi connectivity index (χ1n) is 9.57. The van der Waals surface area contributed by atoms with Crippen molar-refractivity contribution < 1.29 is 33.3 Å². The van der Waals surface area contributed by atoms with Gasteiger partial charge in [0.05, 0.1) is 5.39 Å². The fourth-order valence-corrected chi connectivity index (χ4v) is 3.41. The Morgan fingerprint density at radius 2 is 1.36 bits per heavy atom. The lowest BCUT2D eigenvalue weighted by Gasteiger charge is -2.07. The monoisotopic (exact) mass is 481 g/mol. The Morgan fingerprint density at radius 3 is 2.14 bits per heavy atom. The van der Waals surface area contributed by atoms with Crippen molar-refractivity contribution in [3.8, 4) is 11.5 Å². The molecule has 0 aliphatic carbocycles. The van der Waals surface area contributed by atoms with E-state index < -0.39 is 0 Å². The lowest BCUT2D eigenvalue weighted by molar-refractivity contribution is -0.672. The predicted molar refractivity (Wildman–Crippen MR) is 110 cm³/mol. The number of halogens is 1. The second-order valence-electron chi connectivity index (χ2n) is 6.79. The molecule has 4 rings (SSSR count). The van der Waals surface area contributed by atoms with Gasteiger partial charge in [0, 0.05) is 18.6 Å². The Hall–Kier alpha value is -2.40. The molecule has 1 aromatic heterocycles. The summed E-state index contributed by atoms with van der Waals surface area (Å²) < 4.78 is 8.40. The van der Waals surface area contributed by atoms with Crippen molar-refractivity contribution in [3.63, 3.8) is 0 Å². The van der Waals surface area contributed by atoms with E-state index in [1.54, 1.807) is 0 Å². The van der Waals surface area contributed by atoms with Crippen molar-refractivity contribution in [2.45, 2.75) is 25.8 Å². The van der Waals surface area contributed by atoms with Crippen LogP contribution in [0.1, 0.15) is 18.4 Å². The van der Waals surface area contributed by atoms with E-state index in [2.05, 4.69) is 71.4 Å². The molecule has 0 bridgehead atoms. The summed E-state index contributed by atoms with van der Waals surface area (Å²) in [7, 11) is 0. The molecule has 3 aromatic carbocycles. The smallest absolute Gasteiger partial charge is 0.212 e. The van der Waals surface area contributed by atoms with Gasteiger partial charge in [-0.05, 0) is 36.6 Å². The minimum atomic E-state index is 0. The third-order valence-corrected chi connectivity index (χ3v) is 4.76. The number of hydrogen-bond acceptors (Lipinski definition) is 1. The highest BCUT2D eigenvalue weighted by atomic mass is 127. The summed E-state index contributed by atoms with van der Waals surface area (Å²) in [5.41, 5.74) is 2.66. The highest BCUT2D eigenvalue weighted by Crippen LogP contribution is 2.23. The number of fused-ring (bicyclic) bond motifs is 1. The van der Waals surface area contributed by atoms with Crippen LogP contribution in [0.2, 0.25) is 0 Å². The molecule has 142 valence electrons. The highest BCUT2D eigenvalue weighted by molar-refractivity contribution is 5.76. The van der Waals surface area contributed by atoms with Crippen LogP contribution < -0.4 is 33.3 Å². The molecule has 0 unspecified atom stereocenters. The van der Waals surface area contributed by atoms with Gasteiger partial charge in [-0.1, -0.05) is 60.7 Å². The molecule has 0 atom stereocenters. The standard InChI is InChI=1S/C25H24NO.HI/c1-3-11-21(12-4-1)13-9-10-18-26-20-24(27-23-15-5-2-6-16-23)19-22-14-7-8-17-25(22)26;/h1-8,11-12,14-17,19-20H,9-10,13,18H2;1H/q+1;/p-1. The van der Waals surface area contributed by atoms with Crippen LogP contribution in [-0.4, -0.2) is 0 Å². The van der Waals surface area contributed by atoms with E-state index in [1.165, 1.54) is 22.9 Å². The van der Waals surface area contributed by atoms with E-state index in [9.17, 15) is 0 Å². The first-order chi connectivity index (χ1) is 13.4. The fraction of sp³-hybridized carbons (Fsp3) is 0.160. The Labute approximate surface area is 183 Å². The molecule has 1 heterocycles. The molecule has 0 fully saturated rings. The molecule has 4 aromatic rings. The second kappa shape index (κ2) is 10.2. The first kappa shape index (κ1) is 20.3. The van der Waals surface area contributed by atoms with Gasteiger partial charge in [-0.3, -0.25) is 0 Å². The Morgan fingerprint density at radius 1 is 0.679 bits per heavy atom. The lowest BCUT2D eigenvalue weighted by Crippen LogP contribution is -3.00. The molecule has 2 nitrogen and oxygen atoms in total. The van der Waals surface area contributed by atoms with Gasteiger partial charge >= 0.3 is 0 Å². The lowest BCUT2D eigenvalue weighted by atomic mass is 10.1. The number of ether oxygens (including phenoxy) is 1. The van der Waals surface area contributed by atoms with Crippen LogP contribution in [0.5, 0.6) is 11.5 Å². The second-order valence-corrected chi connectivity index (χ2v) is 6.79. The molecule has 0 N–H and O–H groups in total. The zero-order valence-corrected chi connectivity index (χ0v) is 18.0. The summed E-state index contributed by atoms with van der Waals surface area (Å²) in [6.45, 7) is 0.985. The Balaban J connectivity index is 0.00000225. The van der Waals surface area contributed by atoms with Crippen LogP contribution in [0, 0.1) is 0 Å². The van der Waals surface area contributed by atoms with Gasteiger partial charge in [-0.2, -0.15) is 4.57 Å². The summed E-state index contributed by atoms with van der Waals surface area (Å²) in [5.74, 6) is 1.74. The zero-order chi connectivity index (χ0) is 18.3. The first-order valence-corrected chi connectivity index (χ1v) is 9.57. The molecule has 0 aliphatic heterocycles. The van der Waals surface area contributed by atoms with Gasteiger partial charge in [0.15, 0.2) is 5.75 Å². The number of rotatable bonds is 7. The van der Waals surface area contributed by atoms with Crippen LogP contribution >= 0.6 is 0 Å². The summed E-state index contributed by atoms with van der Waals surface area (Å²) in [5, 5.41) is 1.20. The normalized spacial score (nSPS) is 10.4. The minimum absolute atomic E-state index is 0. The highest BCUT2D eigenvalue weighted by Gasteiger charge is 2.12. The number of unbranched alkanes of at least 4 members (excludes halogenated alkanes) is 1. The number of hydrogen-bond donors (Lipinski definition) is 0. The van der Waals surface area contributed by atoms with Gasteiger partial charge in [0.25, 0.3) is 0 Å². The summed E-state index contributed by atoms with van der Waals surface area (Å²) in [6.07, 6.45) is 5.56. The maximum Gasteiger partial charge on any atom is 0.212 e. The molecular weight excluding hydrogens is 457 g/mol. The van der Waals surface area contributed by atoms with Crippen molar-refractivity contribution in [2.75, 3.05) is 0 Å². The van der Waals surface area contributed by atoms with Crippen LogP contribution in [0.4, 0.5) is 0 Å². The largest absolute Gasteiger partial charge is 1.00 e. The Bertz CT molecular complexity index is 1000. The zero-order valence-electron chi connectivity index (χ0n) is 15.8. The quantitative estimate of drug-likeness (QED) is 0.225. The maximum atomic E-state index is 6.08. The van der Waals surface area contributed by atoms with Gasteiger partial charge < -0.3 is 28.7 Å². The Kier molecular flexibility index (Phi) is 7.43. The van der Waals surface area contributed by atoms with Crippen LogP contribution in [0.3, 0.4) is 0 Å². The average Bonchev–Trinajstić information content (AvgIpc) is 2.72. The van der Waals surface area contributed by atoms with Crippen molar-refractivity contribution >= 4 is 10.9 Å². The van der Waals surface area contributed by atoms with Crippen molar-refractivity contribution in [1.82, 2.24) is 0 Å². The molecule has 0 radical (unpaired) electrons. The van der Waals surface area contributed by atoms with E-state index in [0.29, 0.717) is 0 Å². The number of benzene rings is 3. The van der Waals surface area contributed by atoms with E-state index in [4.69, 9.17) is 4.74 Å². The molecule has 0 aliphatic rings. The van der Waals surface area contributed by atoms with E-state index in [-0.39, 0.29) is 24.0 Å². The summed E-state index contributed by atoms with van der Waals surface area (Å²) in [4.78, 5) is 0. The van der Waals surface area contributed by atoms with Crippen molar-refractivity contribution in [1.29, 1.82) is 0 Å². The molecular formula is C25H24INO. The molecule has 0 spiro atoms. The third-order valence-electron chi connectivity index (χ3n) is 4.76. The average molecular weight is 481 g/mol. The van der Waals surface area contributed by atoms with Crippen LogP contribution in [0.25, 0.3) is 10.9 Å². The van der Waals surface area contributed by atoms with Crippen LogP contribution in [-0.2, 0) is 13.0 Å². The van der Waals surface area contributed by atoms with Gasteiger partial charge in [-0.25, -0.2) is 0 Å². The van der Waals surface area contributed by atoms with Gasteiger partial charge in [-0.15, -0.1) is 0 Å². The summed E-state index contributed by atoms with van der Waals surface area (Å²) in [6, 6.07) is 31.3. The number of aromatic nitrogens is 1. The predicted octanol–water partition coefficient (Wildman–Crippen LogP) is 2.95. The van der Waals surface area contributed by atoms with Gasteiger partial charge in [0.2, 0.25) is 11.7 Å². The van der Waals surface area contributed by atoms with E-state index >= 15 is 0 Å². The molecule has 0 saturated carbocycles. The number of nitrogens with zero attached hydrogens (tertiary/aromatic N) is 1. The van der Waals surface area contributed by atoms with Gasteiger partial charge in [0.1, 0.15) is 12.3 Å². The number of pyridine rings is 1. The van der Waals surface area contributed by atoms with E-state index in [0.717, 1.165) is 30.9 Å². The van der Waals surface area contributed by atoms with Crippen molar-refractivity contribution in [2.24, 2.45) is 0 Å². The topological polar surface area (TPSA) is 13.1 Å². The summed E-state index contributed by atoms with van der Waals surface area (Å²) >= 11 is 0. The molecule has 28 heavy (non-hydrogen) atoms. The third kappa shape index (κ3) is 5.32. The molecule has 0 amide bonds. The number of aryl methyl sites for hydroxylation is 2. The number of para-hydroxylation sites is 2. The SMILES string of the molecule is [I-].c1ccc(CCCC[n+]2cc(Oc3ccccc3)cc3ccccc32)cc1. The maximum absolute atomic E-state index is 6.08. The molecule has 3 heteroatoms. The van der Waals surface area contributed by atoms with E-state index in [1.807, 2.05) is 30.3 Å². The fourth-order valence-electron chi connectivity index (χ4n) is 3.41. The van der Waals surface area contributed by atoms with Crippen LogP contribution in [0.15, 0.2) is 97.2 Å².